The molecule has 0 bridgehead atoms. The van der Waals surface area contributed by atoms with Crippen molar-refractivity contribution in [3.63, 3.8) is 0 Å². The van der Waals surface area contributed by atoms with E-state index in [0.717, 1.165) is 24.3 Å². The van der Waals surface area contributed by atoms with Gasteiger partial charge in [-0.2, -0.15) is 0 Å². The van der Waals surface area contributed by atoms with E-state index in [0.29, 0.717) is 0 Å². The molecule has 2 N–H and O–H groups in total. The summed E-state index contributed by atoms with van der Waals surface area (Å²) in [6, 6.07) is 5.11. The van der Waals surface area contributed by atoms with E-state index in [4.69, 9.17) is 17.3 Å². The molecule has 1 unspecified atom stereocenters. The van der Waals surface area contributed by atoms with Crippen LogP contribution >= 0.6 is 11.6 Å². The van der Waals surface area contributed by atoms with Crippen LogP contribution in [0, 0.1) is 11.7 Å². The molecule has 1 saturated carbocycles. The minimum Gasteiger partial charge on any atom is -0.327 e. The molecule has 0 amide bonds. The van der Waals surface area contributed by atoms with Gasteiger partial charge in [0.2, 0.25) is 0 Å². The third-order valence-corrected chi connectivity index (χ3v) is 4.15. The topological polar surface area (TPSA) is 26.0 Å². The van der Waals surface area contributed by atoms with Crippen LogP contribution in [0.15, 0.2) is 18.2 Å². The normalized spacial score (nSPS) is 18.8. The highest BCUT2D eigenvalue weighted by Gasteiger charge is 2.17. The number of hydrogen-bond donors (Lipinski definition) is 1. The highest BCUT2D eigenvalue weighted by molar-refractivity contribution is 6.30. The van der Waals surface area contributed by atoms with Gasteiger partial charge in [-0.05, 0) is 36.5 Å². The van der Waals surface area contributed by atoms with Crippen molar-refractivity contribution in [1.82, 2.24) is 0 Å². The van der Waals surface area contributed by atoms with E-state index >= 15 is 0 Å². The zero-order valence-electron chi connectivity index (χ0n) is 10.7. The van der Waals surface area contributed by atoms with Crippen LogP contribution in [0.2, 0.25) is 5.02 Å². The van der Waals surface area contributed by atoms with Crippen LogP contribution in [0.25, 0.3) is 0 Å². The summed E-state index contributed by atoms with van der Waals surface area (Å²) in [5, 5.41) is 0.180. The van der Waals surface area contributed by atoms with Crippen molar-refractivity contribution >= 4 is 11.6 Å². The molecule has 1 nitrogen and oxygen atoms in total. The number of nitrogens with two attached hydrogens (primary N) is 1. The maximum Gasteiger partial charge on any atom is 0.142 e. The molecule has 1 aliphatic carbocycles. The van der Waals surface area contributed by atoms with Gasteiger partial charge in [0.05, 0.1) is 5.02 Å². The second kappa shape index (κ2) is 6.53. The summed E-state index contributed by atoms with van der Waals surface area (Å²) in [6.45, 7) is 0. The smallest absolute Gasteiger partial charge is 0.142 e. The van der Waals surface area contributed by atoms with E-state index in [1.165, 1.54) is 38.2 Å². The van der Waals surface area contributed by atoms with Crippen LogP contribution in [0.5, 0.6) is 0 Å². The Morgan fingerprint density at radius 1 is 1.28 bits per heavy atom. The number of benzene rings is 1. The van der Waals surface area contributed by atoms with E-state index in [9.17, 15) is 4.39 Å². The summed E-state index contributed by atoms with van der Waals surface area (Å²) < 4.78 is 13.3. The van der Waals surface area contributed by atoms with E-state index in [2.05, 4.69) is 0 Å². The van der Waals surface area contributed by atoms with Crippen LogP contribution in [-0.2, 0) is 6.42 Å². The lowest BCUT2D eigenvalue weighted by Gasteiger charge is -2.24. The molecule has 0 aromatic heterocycles. The molecule has 1 atom stereocenters. The van der Waals surface area contributed by atoms with Gasteiger partial charge in [-0.15, -0.1) is 0 Å². The van der Waals surface area contributed by atoms with Crippen LogP contribution < -0.4 is 5.73 Å². The van der Waals surface area contributed by atoms with E-state index in [-0.39, 0.29) is 16.9 Å². The molecule has 0 aliphatic heterocycles. The van der Waals surface area contributed by atoms with Crippen molar-refractivity contribution in [1.29, 1.82) is 0 Å². The van der Waals surface area contributed by atoms with Gasteiger partial charge in [0.25, 0.3) is 0 Å². The summed E-state index contributed by atoms with van der Waals surface area (Å²) >= 11 is 5.67. The fraction of sp³-hybridized carbons (Fsp3) is 0.600. The molecular weight excluding hydrogens is 249 g/mol. The predicted molar refractivity (Wildman–Crippen MR) is 74.3 cm³/mol. The fourth-order valence-corrected chi connectivity index (χ4v) is 3.02. The zero-order valence-corrected chi connectivity index (χ0v) is 11.4. The summed E-state index contributed by atoms with van der Waals surface area (Å²) in [6.07, 6.45) is 8.47. The Labute approximate surface area is 114 Å². The highest BCUT2D eigenvalue weighted by atomic mass is 35.5. The van der Waals surface area contributed by atoms with Crippen molar-refractivity contribution in [2.45, 2.75) is 51.0 Å². The van der Waals surface area contributed by atoms with Crippen molar-refractivity contribution in [3.05, 3.63) is 34.6 Å². The molecule has 1 aromatic rings. The van der Waals surface area contributed by atoms with E-state index in [1.54, 1.807) is 6.07 Å². The van der Waals surface area contributed by atoms with Gasteiger partial charge in [-0.1, -0.05) is 49.8 Å². The Hall–Kier alpha value is -0.600. The first-order valence-electron chi connectivity index (χ1n) is 6.84. The summed E-state index contributed by atoms with van der Waals surface area (Å²) in [5.41, 5.74) is 7.11. The van der Waals surface area contributed by atoms with Gasteiger partial charge in [0.1, 0.15) is 5.82 Å². The first-order chi connectivity index (χ1) is 8.65. The van der Waals surface area contributed by atoms with Crippen LogP contribution in [0.4, 0.5) is 4.39 Å². The van der Waals surface area contributed by atoms with Gasteiger partial charge in [0, 0.05) is 6.04 Å². The first-order valence-corrected chi connectivity index (χ1v) is 7.22. The Balaban J connectivity index is 1.85. The third-order valence-electron chi connectivity index (χ3n) is 3.84. The number of rotatable bonds is 4. The average Bonchev–Trinajstić information content (AvgIpc) is 2.35. The Kier molecular flexibility index (Phi) is 5.02. The van der Waals surface area contributed by atoms with Crippen LogP contribution in [0.3, 0.4) is 0 Å². The van der Waals surface area contributed by atoms with E-state index < -0.39 is 0 Å². The molecule has 0 heterocycles. The lowest BCUT2D eigenvalue weighted by Crippen LogP contribution is -2.27. The minimum absolute atomic E-state index is 0.133. The fourth-order valence-electron chi connectivity index (χ4n) is 2.90. The monoisotopic (exact) mass is 269 g/mol. The highest BCUT2D eigenvalue weighted by Crippen LogP contribution is 2.27. The van der Waals surface area contributed by atoms with E-state index in [1.807, 2.05) is 6.07 Å². The first kappa shape index (κ1) is 13.8. The van der Waals surface area contributed by atoms with Crippen molar-refractivity contribution < 1.29 is 4.39 Å². The molecule has 2 rings (SSSR count). The number of hydrogen-bond acceptors (Lipinski definition) is 1. The predicted octanol–water partition coefficient (Wildman–Crippen LogP) is 4.32. The largest absolute Gasteiger partial charge is 0.327 e. The quantitative estimate of drug-likeness (QED) is 0.866. The van der Waals surface area contributed by atoms with Gasteiger partial charge >= 0.3 is 0 Å². The maximum atomic E-state index is 13.3. The van der Waals surface area contributed by atoms with Gasteiger partial charge in [0.15, 0.2) is 0 Å². The Bertz CT molecular complexity index is 388. The second-order valence-corrected chi connectivity index (χ2v) is 5.86. The molecule has 100 valence electrons. The molecule has 3 heteroatoms. The maximum absolute atomic E-state index is 13.3. The zero-order chi connectivity index (χ0) is 13.0. The molecule has 0 saturated heterocycles. The van der Waals surface area contributed by atoms with Crippen LogP contribution in [-0.4, -0.2) is 6.04 Å². The molecule has 1 fully saturated rings. The summed E-state index contributed by atoms with van der Waals surface area (Å²) in [7, 11) is 0. The molecule has 18 heavy (non-hydrogen) atoms. The Morgan fingerprint density at radius 2 is 2.00 bits per heavy atom. The lowest BCUT2D eigenvalue weighted by atomic mass is 9.84. The van der Waals surface area contributed by atoms with Gasteiger partial charge < -0.3 is 5.73 Å². The SMILES string of the molecule is NC(Cc1ccc(Cl)c(F)c1)CC1CCCCC1. The third kappa shape index (κ3) is 3.96. The molecule has 1 aromatic carbocycles. The van der Waals surface area contributed by atoms with Gasteiger partial charge in [-0.25, -0.2) is 4.39 Å². The summed E-state index contributed by atoms with van der Waals surface area (Å²) in [4.78, 5) is 0. The lowest BCUT2D eigenvalue weighted by molar-refractivity contribution is 0.316. The van der Waals surface area contributed by atoms with Crippen molar-refractivity contribution in [2.24, 2.45) is 11.7 Å². The number of halogens is 2. The summed E-state index contributed by atoms with van der Waals surface area (Å²) in [5.74, 6) is 0.421. The molecule has 0 radical (unpaired) electrons. The molecular formula is C15H21ClFN. The average molecular weight is 270 g/mol. The molecule has 1 aliphatic rings. The van der Waals surface area contributed by atoms with Crippen molar-refractivity contribution in [2.75, 3.05) is 0 Å². The van der Waals surface area contributed by atoms with Crippen LogP contribution in [0.1, 0.15) is 44.1 Å². The standard InChI is InChI=1S/C15H21ClFN/c16-14-7-6-12(10-15(14)17)9-13(18)8-11-4-2-1-3-5-11/h6-7,10-11,13H,1-5,8-9,18H2. The van der Waals surface area contributed by atoms with Gasteiger partial charge in [-0.3, -0.25) is 0 Å². The second-order valence-electron chi connectivity index (χ2n) is 5.45. The molecule has 0 spiro atoms. The minimum atomic E-state index is -0.348. The Morgan fingerprint density at radius 3 is 2.67 bits per heavy atom. The van der Waals surface area contributed by atoms with Crippen molar-refractivity contribution in [3.8, 4) is 0 Å².